The van der Waals surface area contributed by atoms with Gasteiger partial charge in [0.05, 0.1) is 7.11 Å². The lowest BCUT2D eigenvalue weighted by Gasteiger charge is -2.32. The Morgan fingerprint density at radius 1 is 1.00 bits per heavy atom. The predicted molar refractivity (Wildman–Crippen MR) is 129 cm³/mol. The molecule has 7 nitrogen and oxygen atoms in total. The molecule has 0 N–H and O–H groups in total. The second kappa shape index (κ2) is 10.3. The number of rotatable bonds is 6. The molecular formula is C27H32N4O3. The van der Waals surface area contributed by atoms with E-state index in [1.54, 1.807) is 13.2 Å². The van der Waals surface area contributed by atoms with Crippen molar-refractivity contribution in [3.8, 4) is 11.5 Å². The zero-order valence-corrected chi connectivity index (χ0v) is 19.8. The minimum Gasteiger partial charge on any atom is -0.493 e. The number of nitrogens with zero attached hydrogens (tertiary/aromatic N) is 4. The van der Waals surface area contributed by atoms with E-state index in [9.17, 15) is 4.79 Å². The maximum atomic E-state index is 13.4. The smallest absolute Gasteiger partial charge is 0.254 e. The number of aryl methyl sites for hydroxylation is 1. The molecule has 2 aliphatic heterocycles. The van der Waals surface area contributed by atoms with E-state index in [0.29, 0.717) is 30.2 Å². The number of likely N-dealkylation sites (tertiary alicyclic amines) is 1. The Kier molecular flexibility index (Phi) is 6.79. The van der Waals surface area contributed by atoms with E-state index >= 15 is 0 Å². The fraction of sp³-hybridized carbons (Fsp3) is 0.444. The van der Waals surface area contributed by atoms with Gasteiger partial charge in [-0.3, -0.25) is 4.79 Å². The van der Waals surface area contributed by atoms with Crippen LogP contribution in [-0.2, 0) is 19.6 Å². The number of carbonyl (C=O) groups is 1. The van der Waals surface area contributed by atoms with Gasteiger partial charge in [0.25, 0.3) is 5.91 Å². The molecule has 1 unspecified atom stereocenters. The summed E-state index contributed by atoms with van der Waals surface area (Å²) in [6.45, 7) is 2.86. The third-order valence-corrected chi connectivity index (χ3v) is 6.86. The van der Waals surface area contributed by atoms with Gasteiger partial charge < -0.3 is 18.9 Å². The Morgan fingerprint density at radius 3 is 2.74 bits per heavy atom. The molecular weight excluding hydrogens is 428 g/mol. The van der Waals surface area contributed by atoms with Crippen LogP contribution in [0.25, 0.3) is 0 Å². The number of aromatic nitrogens is 3. The summed E-state index contributed by atoms with van der Waals surface area (Å²) in [6, 6.07) is 15.4. The first-order valence-electron chi connectivity index (χ1n) is 12.3. The first-order valence-corrected chi connectivity index (χ1v) is 12.3. The highest BCUT2D eigenvalue weighted by Crippen LogP contribution is 2.32. The minimum absolute atomic E-state index is 0.0215. The normalized spacial score (nSPS) is 18.1. The number of amides is 1. The molecule has 2 aliphatic rings. The largest absolute Gasteiger partial charge is 0.493 e. The second-order valence-corrected chi connectivity index (χ2v) is 9.17. The second-order valence-electron chi connectivity index (χ2n) is 9.17. The fourth-order valence-corrected chi connectivity index (χ4v) is 5.02. The number of ether oxygens (including phenoxy) is 2. The van der Waals surface area contributed by atoms with Crippen LogP contribution in [0.4, 0.5) is 0 Å². The predicted octanol–water partition coefficient (Wildman–Crippen LogP) is 4.61. The van der Waals surface area contributed by atoms with E-state index in [1.165, 1.54) is 19.3 Å². The van der Waals surface area contributed by atoms with Crippen LogP contribution >= 0.6 is 0 Å². The lowest BCUT2D eigenvalue weighted by molar-refractivity contribution is 0.0702. The molecule has 5 rings (SSSR count). The van der Waals surface area contributed by atoms with Crippen molar-refractivity contribution in [2.75, 3.05) is 20.2 Å². The number of piperidine rings is 1. The summed E-state index contributed by atoms with van der Waals surface area (Å²) in [5.41, 5.74) is 1.69. The Balaban J connectivity index is 1.29. The first kappa shape index (κ1) is 22.4. The molecule has 0 bridgehead atoms. The van der Waals surface area contributed by atoms with Crippen molar-refractivity contribution >= 4 is 5.91 Å². The average Bonchev–Trinajstić information content (AvgIpc) is 3.15. The van der Waals surface area contributed by atoms with Crippen LogP contribution < -0.4 is 9.47 Å². The van der Waals surface area contributed by atoms with E-state index < -0.39 is 0 Å². The average molecular weight is 461 g/mol. The monoisotopic (exact) mass is 460 g/mol. The lowest BCUT2D eigenvalue weighted by Crippen LogP contribution is -2.39. The van der Waals surface area contributed by atoms with Crippen LogP contribution in [0.1, 0.15) is 65.6 Å². The molecule has 1 fully saturated rings. The summed E-state index contributed by atoms with van der Waals surface area (Å²) in [6.07, 6.45) is 6.60. The summed E-state index contributed by atoms with van der Waals surface area (Å²) < 4.78 is 13.8. The molecule has 3 heterocycles. The van der Waals surface area contributed by atoms with Gasteiger partial charge in [-0.25, -0.2) is 0 Å². The van der Waals surface area contributed by atoms with Crippen molar-refractivity contribution < 1.29 is 14.3 Å². The van der Waals surface area contributed by atoms with E-state index in [2.05, 4.69) is 14.8 Å². The van der Waals surface area contributed by atoms with E-state index in [-0.39, 0.29) is 11.8 Å². The third kappa shape index (κ3) is 4.79. The molecule has 1 atom stereocenters. The van der Waals surface area contributed by atoms with Crippen molar-refractivity contribution in [1.29, 1.82) is 0 Å². The highest BCUT2D eigenvalue weighted by molar-refractivity contribution is 5.95. The van der Waals surface area contributed by atoms with Crippen LogP contribution in [0.2, 0.25) is 0 Å². The molecule has 3 aromatic rings. The van der Waals surface area contributed by atoms with E-state index in [4.69, 9.17) is 9.47 Å². The van der Waals surface area contributed by atoms with Gasteiger partial charge in [0.1, 0.15) is 18.3 Å². The SMILES string of the molecule is COc1cc(C(=O)N2CCCC(c3nnc4n3CCCCC4)C2)ccc1OCc1ccccc1. The van der Waals surface area contributed by atoms with Gasteiger partial charge in [0.2, 0.25) is 0 Å². The molecule has 1 saturated heterocycles. The molecule has 1 aromatic heterocycles. The van der Waals surface area contributed by atoms with Crippen LogP contribution in [0.5, 0.6) is 11.5 Å². The van der Waals surface area contributed by atoms with Gasteiger partial charge in [0.15, 0.2) is 11.5 Å². The zero-order valence-electron chi connectivity index (χ0n) is 19.8. The van der Waals surface area contributed by atoms with Crippen molar-refractivity contribution in [3.05, 3.63) is 71.3 Å². The number of methoxy groups -OCH3 is 1. The molecule has 178 valence electrons. The van der Waals surface area contributed by atoms with Crippen LogP contribution in [-0.4, -0.2) is 45.8 Å². The molecule has 0 spiro atoms. The summed E-state index contributed by atoms with van der Waals surface area (Å²) in [4.78, 5) is 15.4. The zero-order chi connectivity index (χ0) is 23.3. The number of hydrogen-bond donors (Lipinski definition) is 0. The molecule has 1 amide bonds. The Hall–Kier alpha value is -3.35. The van der Waals surface area contributed by atoms with Crippen LogP contribution in [0, 0.1) is 0 Å². The topological polar surface area (TPSA) is 69.5 Å². The van der Waals surface area contributed by atoms with Gasteiger partial charge in [-0.2, -0.15) is 0 Å². The van der Waals surface area contributed by atoms with Gasteiger partial charge in [-0.05, 0) is 49.4 Å². The van der Waals surface area contributed by atoms with Crippen molar-refractivity contribution in [2.45, 2.75) is 57.6 Å². The quantitative estimate of drug-likeness (QED) is 0.537. The summed E-state index contributed by atoms with van der Waals surface area (Å²) >= 11 is 0. The molecule has 7 heteroatoms. The Labute approximate surface area is 200 Å². The number of carbonyl (C=O) groups excluding carboxylic acids is 1. The summed E-state index contributed by atoms with van der Waals surface area (Å²) in [5, 5.41) is 9.02. The molecule has 0 saturated carbocycles. The lowest BCUT2D eigenvalue weighted by atomic mass is 9.96. The maximum absolute atomic E-state index is 13.4. The number of fused-ring (bicyclic) bond motifs is 1. The first-order chi connectivity index (χ1) is 16.7. The van der Waals surface area contributed by atoms with E-state index in [0.717, 1.165) is 49.6 Å². The van der Waals surface area contributed by atoms with Gasteiger partial charge >= 0.3 is 0 Å². The van der Waals surface area contributed by atoms with Gasteiger partial charge in [-0.15, -0.1) is 10.2 Å². The Morgan fingerprint density at radius 2 is 1.88 bits per heavy atom. The number of benzene rings is 2. The van der Waals surface area contributed by atoms with Gasteiger partial charge in [-0.1, -0.05) is 36.8 Å². The Bertz CT molecular complexity index is 1130. The molecule has 2 aromatic carbocycles. The van der Waals surface area contributed by atoms with Crippen LogP contribution in [0.3, 0.4) is 0 Å². The summed E-state index contributed by atoms with van der Waals surface area (Å²) in [5.74, 6) is 3.60. The van der Waals surface area contributed by atoms with E-state index in [1.807, 2.05) is 47.4 Å². The molecule has 34 heavy (non-hydrogen) atoms. The van der Waals surface area contributed by atoms with Gasteiger partial charge in [0, 0.05) is 37.5 Å². The molecule has 0 aliphatic carbocycles. The van der Waals surface area contributed by atoms with Crippen LogP contribution in [0.15, 0.2) is 48.5 Å². The minimum atomic E-state index is 0.0215. The number of hydrogen-bond acceptors (Lipinski definition) is 5. The highest BCUT2D eigenvalue weighted by Gasteiger charge is 2.30. The standard InChI is InChI=1S/C27H32N4O3/c1-33-24-17-21(13-14-23(24)34-19-20-9-4-2-5-10-20)27(32)30-15-8-11-22(18-30)26-29-28-25-12-6-3-7-16-31(25)26/h2,4-5,9-10,13-14,17,22H,3,6-8,11-12,15-16,18-19H2,1H3. The summed E-state index contributed by atoms with van der Waals surface area (Å²) in [7, 11) is 1.60. The fourth-order valence-electron chi connectivity index (χ4n) is 5.02. The van der Waals surface area contributed by atoms with Crippen molar-refractivity contribution in [3.63, 3.8) is 0 Å². The highest BCUT2D eigenvalue weighted by atomic mass is 16.5. The maximum Gasteiger partial charge on any atom is 0.254 e. The van der Waals surface area contributed by atoms with Crippen molar-refractivity contribution in [2.24, 2.45) is 0 Å². The van der Waals surface area contributed by atoms with Crippen molar-refractivity contribution in [1.82, 2.24) is 19.7 Å². The third-order valence-electron chi connectivity index (χ3n) is 6.86. The molecule has 0 radical (unpaired) electrons.